The van der Waals surface area contributed by atoms with Gasteiger partial charge in [-0.05, 0) is 53.7 Å². The first-order valence-electron chi connectivity index (χ1n) is 8.45. The van der Waals surface area contributed by atoms with Crippen molar-refractivity contribution in [3.05, 3.63) is 21.8 Å². The SMILES string of the molecule is CC(C)OC(=O)[C@@H](C)Oc1cccc(O[C@H](C)C(=O)OC(C)C)c1I(=O)=O. The third-order valence-electron chi connectivity index (χ3n) is 3.06. The van der Waals surface area contributed by atoms with Crippen LogP contribution in [0.3, 0.4) is 0 Å². The maximum absolute atomic E-state index is 11.9. The number of rotatable bonds is 9. The molecule has 0 aromatic heterocycles. The normalized spacial score (nSPS) is 13.4. The van der Waals surface area contributed by atoms with Crippen LogP contribution in [0.4, 0.5) is 0 Å². The first-order chi connectivity index (χ1) is 12.5. The van der Waals surface area contributed by atoms with E-state index in [1.807, 2.05) is 0 Å². The minimum absolute atomic E-state index is 0.0275. The van der Waals surface area contributed by atoms with E-state index in [1.54, 1.807) is 27.7 Å². The minimum Gasteiger partial charge on any atom is -0.478 e. The van der Waals surface area contributed by atoms with E-state index in [2.05, 4.69) is 0 Å². The summed E-state index contributed by atoms with van der Waals surface area (Å²) >= 11 is -4.09. The molecule has 8 nitrogen and oxygen atoms in total. The molecule has 0 bridgehead atoms. The van der Waals surface area contributed by atoms with Crippen molar-refractivity contribution in [2.45, 2.75) is 66.0 Å². The number of hydrogen-bond donors (Lipinski definition) is 0. The van der Waals surface area contributed by atoms with Crippen molar-refractivity contribution >= 4 is 31.7 Å². The van der Waals surface area contributed by atoms with Gasteiger partial charge in [0.1, 0.15) is 11.5 Å². The predicted octanol–water partition coefficient (Wildman–Crippen LogP) is 3.49. The molecule has 0 radical (unpaired) electrons. The third-order valence-corrected chi connectivity index (χ3v) is 5.00. The highest BCUT2D eigenvalue weighted by Crippen LogP contribution is 2.37. The van der Waals surface area contributed by atoms with E-state index in [-0.39, 0.29) is 27.3 Å². The van der Waals surface area contributed by atoms with Crippen molar-refractivity contribution in [2.75, 3.05) is 0 Å². The Bertz CT molecular complexity index is 683. The van der Waals surface area contributed by atoms with Crippen LogP contribution < -0.4 is 9.47 Å². The summed E-state index contributed by atoms with van der Waals surface area (Å²) in [4.78, 5) is 23.8. The van der Waals surface area contributed by atoms with Gasteiger partial charge in [-0.15, -0.1) is 0 Å². The van der Waals surface area contributed by atoms with E-state index in [4.69, 9.17) is 18.9 Å². The van der Waals surface area contributed by atoms with Gasteiger partial charge in [-0.3, -0.25) is 0 Å². The summed E-state index contributed by atoms with van der Waals surface area (Å²) in [5.41, 5.74) is 0. The van der Waals surface area contributed by atoms with Crippen LogP contribution in [0.2, 0.25) is 0 Å². The molecule has 0 amide bonds. The van der Waals surface area contributed by atoms with Crippen molar-refractivity contribution in [3.8, 4) is 11.5 Å². The average Bonchev–Trinajstić information content (AvgIpc) is 2.53. The monoisotopic (exact) mass is 496 g/mol. The molecule has 9 heteroatoms. The Balaban J connectivity index is 3.07. The number of benzene rings is 1. The van der Waals surface area contributed by atoms with Crippen LogP contribution in [0.25, 0.3) is 0 Å². The highest BCUT2D eigenvalue weighted by molar-refractivity contribution is 14.2. The van der Waals surface area contributed by atoms with Crippen LogP contribution in [0.15, 0.2) is 18.2 Å². The number of ether oxygens (including phenoxy) is 4. The second-order valence-electron chi connectivity index (χ2n) is 6.28. The highest BCUT2D eigenvalue weighted by Gasteiger charge is 2.25. The number of carbonyl (C=O) groups excluding carboxylic acids is 2. The number of carbonyl (C=O) groups is 2. The Kier molecular flexibility index (Phi) is 8.94. The summed E-state index contributed by atoms with van der Waals surface area (Å²) < 4.78 is 44.6. The van der Waals surface area contributed by atoms with Gasteiger partial charge >= 0.3 is 31.7 Å². The molecule has 0 fully saturated rings. The van der Waals surface area contributed by atoms with Gasteiger partial charge in [-0.2, -0.15) is 0 Å². The van der Waals surface area contributed by atoms with E-state index < -0.39 is 43.9 Å². The molecule has 152 valence electrons. The van der Waals surface area contributed by atoms with E-state index in [0.29, 0.717) is 0 Å². The van der Waals surface area contributed by atoms with Gasteiger partial charge < -0.3 is 18.9 Å². The van der Waals surface area contributed by atoms with Gasteiger partial charge in [0.05, 0.1) is 12.2 Å². The molecule has 1 aromatic rings. The van der Waals surface area contributed by atoms with E-state index in [1.165, 1.54) is 32.0 Å². The molecule has 0 spiro atoms. The van der Waals surface area contributed by atoms with Crippen LogP contribution in [-0.4, -0.2) is 36.4 Å². The zero-order valence-corrected chi connectivity index (χ0v) is 18.3. The van der Waals surface area contributed by atoms with Crippen molar-refractivity contribution < 1.29 is 34.7 Å². The molecular weight excluding hydrogens is 471 g/mol. The van der Waals surface area contributed by atoms with Crippen molar-refractivity contribution in [1.29, 1.82) is 0 Å². The zero-order chi connectivity index (χ0) is 20.7. The molecule has 1 rings (SSSR count). The standard InChI is InChI=1S/C18H25IO8/c1-10(2)24-17(20)12(5)26-14-8-7-9-15(16(14)19(22)23)27-13(6)18(21)25-11(3)4/h7-13H,1-6H3/t12-,13-/m1/s1. The molecule has 0 N–H and O–H groups in total. The largest absolute Gasteiger partial charge is 0.478 e. The first-order valence-corrected chi connectivity index (χ1v) is 11.3. The van der Waals surface area contributed by atoms with Gasteiger partial charge in [-0.1, -0.05) is 6.07 Å². The van der Waals surface area contributed by atoms with Crippen LogP contribution in [0.1, 0.15) is 41.5 Å². The van der Waals surface area contributed by atoms with Gasteiger partial charge in [-0.25, -0.2) is 15.7 Å². The maximum Gasteiger partial charge on any atom is 0.348 e. The maximum atomic E-state index is 11.9. The highest BCUT2D eigenvalue weighted by atomic mass is 127. The second kappa shape index (κ2) is 10.4. The number of esters is 2. The van der Waals surface area contributed by atoms with Gasteiger partial charge in [0.2, 0.25) is 0 Å². The van der Waals surface area contributed by atoms with E-state index in [0.717, 1.165) is 0 Å². The Morgan fingerprint density at radius 2 is 1.15 bits per heavy atom. The molecule has 0 saturated carbocycles. The van der Waals surface area contributed by atoms with Gasteiger partial charge in [0, 0.05) is 0 Å². The average molecular weight is 496 g/mol. The summed E-state index contributed by atoms with van der Waals surface area (Å²) in [5, 5.41) is 0. The molecule has 2 atom stereocenters. The molecule has 0 aliphatic rings. The molecule has 0 aliphatic carbocycles. The van der Waals surface area contributed by atoms with Crippen LogP contribution in [-0.2, 0) is 25.2 Å². The fourth-order valence-electron chi connectivity index (χ4n) is 1.96. The Morgan fingerprint density at radius 1 is 0.778 bits per heavy atom. The summed E-state index contributed by atoms with van der Waals surface area (Å²) in [7, 11) is 0. The molecule has 0 saturated heterocycles. The lowest BCUT2D eigenvalue weighted by atomic mass is 10.3. The lowest BCUT2D eigenvalue weighted by Gasteiger charge is -2.19. The molecule has 1 aromatic carbocycles. The Hall–Kier alpha value is -1.91. The van der Waals surface area contributed by atoms with E-state index in [9.17, 15) is 15.7 Å². The Labute approximate surface area is 165 Å². The fourth-order valence-corrected chi connectivity index (χ4v) is 3.44. The van der Waals surface area contributed by atoms with Gasteiger partial charge in [0.25, 0.3) is 0 Å². The topological polar surface area (TPSA) is 105 Å². The molecule has 0 aliphatic heterocycles. The number of halogens is 1. The van der Waals surface area contributed by atoms with Crippen LogP contribution >= 0.6 is 19.8 Å². The van der Waals surface area contributed by atoms with Crippen LogP contribution in [0.5, 0.6) is 11.5 Å². The van der Waals surface area contributed by atoms with Crippen molar-refractivity contribution in [2.24, 2.45) is 0 Å². The zero-order valence-electron chi connectivity index (χ0n) is 16.2. The first kappa shape index (κ1) is 23.1. The summed E-state index contributed by atoms with van der Waals surface area (Å²) in [5.74, 6) is -1.29. The third kappa shape index (κ3) is 7.31. The smallest absolute Gasteiger partial charge is 0.348 e. The quantitative estimate of drug-likeness (QED) is 0.378. The second-order valence-corrected chi connectivity index (χ2v) is 8.60. The lowest BCUT2D eigenvalue weighted by molar-refractivity contribution is -0.155. The van der Waals surface area contributed by atoms with E-state index >= 15 is 0 Å². The summed E-state index contributed by atoms with van der Waals surface area (Å²) in [6.45, 7) is 9.70. The molecular formula is C18H25IO8. The van der Waals surface area contributed by atoms with Crippen molar-refractivity contribution in [3.63, 3.8) is 0 Å². The Morgan fingerprint density at radius 3 is 1.44 bits per heavy atom. The molecule has 0 heterocycles. The fraction of sp³-hybridized carbons (Fsp3) is 0.556. The summed E-state index contributed by atoms with van der Waals surface area (Å²) in [6.07, 6.45) is -2.68. The number of hydrogen-bond acceptors (Lipinski definition) is 8. The predicted molar refractivity (Wildman–Crippen MR) is 103 cm³/mol. The lowest BCUT2D eigenvalue weighted by Crippen LogP contribution is -2.29. The molecule has 0 unspecified atom stereocenters. The molecule has 27 heavy (non-hydrogen) atoms. The van der Waals surface area contributed by atoms with Crippen LogP contribution in [0, 0.1) is 3.57 Å². The minimum atomic E-state index is -4.09. The van der Waals surface area contributed by atoms with Gasteiger partial charge in [0.15, 0.2) is 15.8 Å². The van der Waals surface area contributed by atoms with Crippen molar-refractivity contribution in [1.82, 2.24) is 0 Å². The summed E-state index contributed by atoms with van der Waals surface area (Å²) in [6, 6.07) is 4.34.